The van der Waals surface area contributed by atoms with Crippen molar-refractivity contribution in [2.75, 3.05) is 24.7 Å². The smallest absolute Gasteiger partial charge is 0.159 e. The molecule has 1 saturated heterocycles. The Bertz CT molecular complexity index is 707. The number of aromatic nitrogens is 5. The number of ether oxygens (including phenoxy) is 1. The van der Waals surface area contributed by atoms with E-state index in [1.807, 2.05) is 18.2 Å². The molecule has 1 unspecified atom stereocenters. The minimum atomic E-state index is 0.0363. The molecule has 4 rings (SSSR count). The van der Waals surface area contributed by atoms with Gasteiger partial charge in [-0.15, -0.1) is 0 Å². The molecule has 1 fully saturated rings. The topological polar surface area (TPSA) is 82.7 Å². The van der Waals surface area contributed by atoms with Crippen LogP contribution in [0.25, 0.3) is 10.9 Å². The van der Waals surface area contributed by atoms with Crippen LogP contribution in [0.4, 0.5) is 5.82 Å². The third kappa shape index (κ3) is 1.75. The number of hydrogen-bond donors (Lipinski definition) is 2. The molecule has 2 N–H and O–H groups in total. The largest absolute Gasteiger partial charge is 0.377 e. The molecule has 0 amide bonds. The van der Waals surface area contributed by atoms with Gasteiger partial charge in [0.2, 0.25) is 0 Å². The number of para-hydroxylation sites is 1. The van der Waals surface area contributed by atoms with Crippen molar-refractivity contribution in [2.24, 2.45) is 0 Å². The minimum Gasteiger partial charge on any atom is -0.377 e. The molecule has 1 aromatic carbocycles. The first-order valence-corrected chi connectivity index (χ1v) is 6.56. The normalized spacial score (nSPS) is 19.6. The van der Waals surface area contributed by atoms with Gasteiger partial charge in [-0.2, -0.15) is 20.5 Å². The predicted molar refractivity (Wildman–Crippen MR) is 73.4 cm³/mol. The molecular weight excluding hydrogens is 256 g/mol. The summed E-state index contributed by atoms with van der Waals surface area (Å²) in [6.07, 6.45) is 1.74. The van der Waals surface area contributed by atoms with Crippen molar-refractivity contribution in [3.8, 4) is 0 Å². The summed E-state index contributed by atoms with van der Waals surface area (Å²) in [5.74, 6) is 0.942. The Hall–Kier alpha value is -2.41. The lowest BCUT2D eigenvalue weighted by Crippen LogP contribution is -2.40. The van der Waals surface area contributed by atoms with Crippen LogP contribution in [0.2, 0.25) is 0 Å². The first-order valence-electron chi connectivity index (χ1n) is 6.56. The summed E-state index contributed by atoms with van der Waals surface area (Å²) in [7, 11) is 0. The number of aromatic amines is 2. The van der Waals surface area contributed by atoms with Gasteiger partial charge in [-0.1, -0.05) is 12.1 Å². The molecule has 1 aliphatic rings. The minimum absolute atomic E-state index is 0.0363. The van der Waals surface area contributed by atoms with Crippen LogP contribution < -0.4 is 4.90 Å². The van der Waals surface area contributed by atoms with Crippen LogP contribution >= 0.6 is 0 Å². The van der Waals surface area contributed by atoms with Crippen molar-refractivity contribution in [3.63, 3.8) is 0 Å². The Morgan fingerprint density at radius 1 is 1.25 bits per heavy atom. The lowest BCUT2D eigenvalue weighted by molar-refractivity contribution is 0.0927. The molecule has 1 aliphatic heterocycles. The molecule has 20 heavy (non-hydrogen) atoms. The fourth-order valence-electron chi connectivity index (χ4n) is 2.64. The standard InChI is InChI=1S/C13H14N6O/c1-2-4-10-9(3-1)13(17-15-10)19-5-6-20-8-12(19)11-7-14-18-16-11/h1-4,7,12H,5-6,8H2,(H,15,17)(H,14,16,18). The maximum absolute atomic E-state index is 5.58. The molecule has 0 spiro atoms. The van der Waals surface area contributed by atoms with Crippen molar-refractivity contribution in [1.82, 2.24) is 25.6 Å². The lowest BCUT2D eigenvalue weighted by atomic mass is 10.1. The summed E-state index contributed by atoms with van der Waals surface area (Å²) in [5, 5.41) is 19.4. The second-order valence-corrected chi connectivity index (χ2v) is 4.77. The van der Waals surface area contributed by atoms with E-state index in [2.05, 4.69) is 36.6 Å². The van der Waals surface area contributed by atoms with Crippen LogP contribution in [-0.4, -0.2) is 45.4 Å². The fourth-order valence-corrected chi connectivity index (χ4v) is 2.64. The number of H-pyrrole nitrogens is 2. The zero-order chi connectivity index (χ0) is 13.4. The van der Waals surface area contributed by atoms with Crippen LogP contribution in [0, 0.1) is 0 Å². The second kappa shape index (κ2) is 4.61. The molecule has 102 valence electrons. The Balaban J connectivity index is 1.78. The van der Waals surface area contributed by atoms with Crippen LogP contribution in [-0.2, 0) is 4.74 Å². The van der Waals surface area contributed by atoms with Gasteiger partial charge >= 0.3 is 0 Å². The van der Waals surface area contributed by atoms with Crippen molar-refractivity contribution in [2.45, 2.75) is 6.04 Å². The first kappa shape index (κ1) is 11.4. The highest BCUT2D eigenvalue weighted by atomic mass is 16.5. The van der Waals surface area contributed by atoms with E-state index in [0.717, 1.165) is 29.0 Å². The number of benzene rings is 1. The second-order valence-electron chi connectivity index (χ2n) is 4.77. The van der Waals surface area contributed by atoms with E-state index in [4.69, 9.17) is 4.74 Å². The van der Waals surface area contributed by atoms with Crippen molar-refractivity contribution < 1.29 is 4.74 Å². The monoisotopic (exact) mass is 270 g/mol. The highest BCUT2D eigenvalue weighted by molar-refractivity contribution is 5.90. The average molecular weight is 270 g/mol. The van der Waals surface area contributed by atoms with Gasteiger partial charge < -0.3 is 9.64 Å². The maximum atomic E-state index is 5.58. The predicted octanol–water partition coefficient (Wildman–Crippen LogP) is 1.26. The number of hydrogen-bond acceptors (Lipinski definition) is 5. The molecule has 0 radical (unpaired) electrons. The number of anilines is 1. The Kier molecular flexibility index (Phi) is 2.63. The van der Waals surface area contributed by atoms with Gasteiger partial charge in [-0.3, -0.25) is 5.10 Å². The molecule has 1 atom stereocenters. The van der Waals surface area contributed by atoms with Crippen LogP contribution in [0.15, 0.2) is 30.5 Å². The van der Waals surface area contributed by atoms with E-state index < -0.39 is 0 Å². The van der Waals surface area contributed by atoms with Crippen molar-refractivity contribution >= 4 is 16.7 Å². The third-order valence-electron chi connectivity index (χ3n) is 3.63. The highest BCUT2D eigenvalue weighted by Crippen LogP contribution is 2.31. The first-order chi connectivity index (χ1) is 9.93. The van der Waals surface area contributed by atoms with Gasteiger partial charge in [-0.25, -0.2) is 0 Å². The third-order valence-corrected chi connectivity index (χ3v) is 3.63. The van der Waals surface area contributed by atoms with Gasteiger partial charge in [0.1, 0.15) is 5.69 Å². The van der Waals surface area contributed by atoms with E-state index in [9.17, 15) is 0 Å². The number of nitrogens with one attached hydrogen (secondary N) is 2. The quantitative estimate of drug-likeness (QED) is 0.732. The summed E-state index contributed by atoms with van der Waals surface area (Å²) in [6.45, 7) is 2.07. The van der Waals surface area contributed by atoms with Crippen molar-refractivity contribution in [1.29, 1.82) is 0 Å². The van der Waals surface area contributed by atoms with Crippen LogP contribution in [0.5, 0.6) is 0 Å². The number of rotatable bonds is 2. The van der Waals surface area contributed by atoms with Gasteiger partial charge in [0.15, 0.2) is 5.82 Å². The number of morpholine rings is 1. The SMILES string of the molecule is c1ccc2c(N3CCOCC3c3cn[nH]n3)n[nH]c2c1. The van der Waals surface area contributed by atoms with Gasteiger partial charge in [0, 0.05) is 11.9 Å². The molecule has 0 saturated carbocycles. The molecule has 7 heteroatoms. The summed E-state index contributed by atoms with van der Waals surface area (Å²) in [6, 6.07) is 8.15. The molecule has 3 aromatic rings. The molecule has 3 heterocycles. The van der Waals surface area contributed by atoms with E-state index in [1.54, 1.807) is 6.20 Å². The van der Waals surface area contributed by atoms with Crippen LogP contribution in [0.3, 0.4) is 0 Å². The summed E-state index contributed by atoms with van der Waals surface area (Å²) >= 11 is 0. The zero-order valence-electron chi connectivity index (χ0n) is 10.8. The zero-order valence-corrected chi connectivity index (χ0v) is 10.8. The molecular formula is C13H14N6O. The van der Waals surface area contributed by atoms with E-state index in [-0.39, 0.29) is 6.04 Å². The van der Waals surface area contributed by atoms with E-state index >= 15 is 0 Å². The average Bonchev–Trinajstić information content (AvgIpc) is 3.17. The van der Waals surface area contributed by atoms with Gasteiger partial charge in [0.25, 0.3) is 0 Å². The Morgan fingerprint density at radius 2 is 2.20 bits per heavy atom. The number of nitrogens with zero attached hydrogens (tertiary/aromatic N) is 4. The fraction of sp³-hybridized carbons (Fsp3) is 0.308. The van der Waals surface area contributed by atoms with Crippen LogP contribution in [0.1, 0.15) is 11.7 Å². The molecule has 7 nitrogen and oxygen atoms in total. The van der Waals surface area contributed by atoms with Gasteiger partial charge in [0.05, 0.1) is 31.0 Å². The molecule has 0 aliphatic carbocycles. The van der Waals surface area contributed by atoms with E-state index in [1.165, 1.54) is 0 Å². The maximum Gasteiger partial charge on any atom is 0.159 e. The Morgan fingerprint density at radius 3 is 3.10 bits per heavy atom. The summed E-state index contributed by atoms with van der Waals surface area (Å²) in [5.41, 5.74) is 1.91. The van der Waals surface area contributed by atoms with Crippen molar-refractivity contribution in [3.05, 3.63) is 36.2 Å². The summed E-state index contributed by atoms with van der Waals surface area (Å²) in [4.78, 5) is 2.22. The highest BCUT2D eigenvalue weighted by Gasteiger charge is 2.29. The molecule has 2 aromatic heterocycles. The molecule has 0 bridgehead atoms. The van der Waals surface area contributed by atoms with Gasteiger partial charge in [-0.05, 0) is 12.1 Å². The lowest BCUT2D eigenvalue weighted by Gasteiger charge is -2.34. The van der Waals surface area contributed by atoms with E-state index in [0.29, 0.717) is 13.2 Å². The summed E-state index contributed by atoms with van der Waals surface area (Å²) < 4.78 is 5.58. The Labute approximate surface area is 114 Å². The number of fused-ring (bicyclic) bond motifs is 1.